The number of aliphatic hydroxyl groups excluding tert-OH is 1. The molecule has 1 aromatic carbocycles. The fraction of sp³-hybridized carbons (Fsp3) is 0.533. The molecule has 0 aliphatic carbocycles. The lowest BCUT2D eigenvalue weighted by Crippen LogP contribution is -2.32. The summed E-state index contributed by atoms with van der Waals surface area (Å²) in [5.74, 6) is -0.649. The Labute approximate surface area is 124 Å². The number of carboxylic acids is 1. The Bertz CT molecular complexity index is 475. The van der Waals surface area contributed by atoms with Crippen LogP contribution >= 0.6 is 11.6 Å². The number of rotatable bonds is 7. The van der Waals surface area contributed by atoms with E-state index in [0.29, 0.717) is 10.8 Å². The van der Waals surface area contributed by atoms with Crippen molar-refractivity contribution in [3.63, 3.8) is 0 Å². The molecule has 1 aromatic rings. The molecule has 0 radical (unpaired) electrons. The lowest BCUT2D eigenvalue weighted by Gasteiger charge is -2.31. The van der Waals surface area contributed by atoms with Gasteiger partial charge in [0.1, 0.15) is 5.75 Å². The molecule has 0 spiro atoms. The first-order chi connectivity index (χ1) is 9.34. The summed E-state index contributed by atoms with van der Waals surface area (Å²) in [5, 5.41) is 19.1. The molecule has 0 heterocycles. The Balaban J connectivity index is 3.14. The number of aliphatic carboxylic acids is 1. The predicted octanol–water partition coefficient (Wildman–Crippen LogP) is 3.24. The molecule has 1 rings (SSSR count). The third-order valence-electron chi connectivity index (χ3n) is 3.58. The highest BCUT2D eigenvalue weighted by Gasteiger charge is 2.32. The van der Waals surface area contributed by atoms with Crippen LogP contribution in [0.4, 0.5) is 0 Å². The topological polar surface area (TPSA) is 66.8 Å². The maximum Gasteiger partial charge on any atom is 0.332 e. The van der Waals surface area contributed by atoms with Crippen LogP contribution in [0, 0.1) is 0 Å². The zero-order valence-electron chi connectivity index (χ0n) is 12.0. The van der Waals surface area contributed by atoms with Crippen LogP contribution in [0.15, 0.2) is 18.2 Å². The highest BCUT2D eigenvalue weighted by Crippen LogP contribution is 2.37. The molecule has 4 nitrogen and oxygen atoms in total. The summed E-state index contributed by atoms with van der Waals surface area (Å²) in [6, 6.07) is 5.40. The molecular weight excluding hydrogens is 280 g/mol. The number of hydrogen-bond acceptors (Lipinski definition) is 3. The molecule has 0 bridgehead atoms. The molecule has 5 heteroatoms. The Kier molecular flexibility index (Phi) is 5.84. The average Bonchev–Trinajstić information content (AvgIpc) is 2.39. The van der Waals surface area contributed by atoms with Gasteiger partial charge in [0.2, 0.25) is 0 Å². The zero-order valence-corrected chi connectivity index (χ0v) is 12.8. The summed E-state index contributed by atoms with van der Waals surface area (Å²) in [4.78, 5) is 10.9. The van der Waals surface area contributed by atoms with E-state index in [0.717, 1.165) is 18.4 Å². The van der Waals surface area contributed by atoms with Crippen molar-refractivity contribution in [1.82, 2.24) is 0 Å². The smallest absolute Gasteiger partial charge is 0.332 e. The molecular formula is C15H21ClO4. The third kappa shape index (κ3) is 3.87. The number of methoxy groups -OCH3 is 1. The molecule has 20 heavy (non-hydrogen) atoms. The quantitative estimate of drug-likeness (QED) is 0.811. The minimum absolute atomic E-state index is 0.154. The summed E-state index contributed by atoms with van der Waals surface area (Å²) >= 11 is 6.01. The number of hydrogen-bond donors (Lipinski definition) is 2. The Morgan fingerprint density at radius 2 is 2.15 bits per heavy atom. The monoisotopic (exact) mass is 300 g/mol. The van der Waals surface area contributed by atoms with Gasteiger partial charge in [0.25, 0.3) is 0 Å². The van der Waals surface area contributed by atoms with Crippen molar-refractivity contribution < 1.29 is 19.7 Å². The average molecular weight is 301 g/mol. The van der Waals surface area contributed by atoms with E-state index < -0.39 is 17.5 Å². The SMILES string of the molecule is CCCC(C)(CC(O)C(=O)O)c1ccc(Cl)c(OC)c1. The highest BCUT2D eigenvalue weighted by atomic mass is 35.5. The van der Waals surface area contributed by atoms with Crippen LogP contribution < -0.4 is 4.74 Å². The summed E-state index contributed by atoms with van der Waals surface area (Å²) in [5.41, 5.74) is 0.477. The maximum atomic E-state index is 10.9. The van der Waals surface area contributed by atoms with Crippen LogP contribution in [0.25, 0.3) is 0 Å². The number of benzene rings is 1. The van der Waals surface area contributed by atoms with Crippen molar-refractivity contribution in [2.45, 2.75) is 44.6 Å². The molecule has 112 valence electrons. The normalized spacial score (nSPS) is 15.4. The van der Waals surface area contributed by atoms with Crippen molar-refractivity contribution in [2.75, 3.05) is 7.11 Å². The molecule has 0 aliphatic rings. The van der Waals surface area contributed by atoms with Crippen molar-refractivity contribution >= 4 is 17.6 Å². The summed E-state index contributed by atoms with van der Waals surface area (Å²) in [7, 11) is 1.54. The molecule has 0 saturated carbocycles. The molecule has 0 amide bonds. The highest BCUT2D eigenvalue weighted by molar-refractivity contribution is 6.32. The van der Waals surface area contributed by atoms with Crippen molar-refractivity contribution in [3.05, 3.63) is 28.8 Å². The number of ether oxygens (including phenoxy) is 1. The molecule has 2 atom stereocenters. The van der Waals surface area contributed by atoms with Crippen LogP contribution in [0.1, 0.15) is 38.7 Å². The molecule has 2 unspecified atom stereocenters. The summed E-state index contributed by atoms with van der Waals surface area (Å²) in [6.45, 7) is 3.98. The van der Waals surface area contributed by atoms with Gasteiger partial charge in [-0.25, -0.2) is 4.79 Å². The van der Waals surface area contributed by atoms with Gasteiger partial charge in [0, 0.05) is 0 Å². The van der Waals surface area contributed by atoms with Crippen LogP contribution in [0.5, 0.6) is 5.75 Å². The van der Waals surface area contributed by atoms with Crippen LogP contribution in [-0.4, -0.2) is 29.4 Å². The van der Waals surface area contributed by atoms with E-state index >= 15 is 0 Å². The van der Waals surface area contributed by atoms with E-state index in [1.54, 1.807) is 6.07 Å². The van der Waals surface area contributed by atoms with Crippen LogP contribution in [-0.2, 0) is 10.2 Å². The van der Waals surface area contributed by atoms with Gasteiger partial charge in [-0.3, -0.25) is 0 Å². The second-order valence-corrected chi connectivity index (χ2v) is 5.63. The lowest BCUT2D eigenvalue weighted by atomic mass is 9.74. The van der Waals surface area contributed by atoms with Gasteiger partial charge in [-0.1, -0.05) is 37.9 Å². The number of carboxylic acid groups (broad SMARTS) is 1. The van der Waals surface area contributed by atoms with Gasteiger partial charge >= 0.3 is 5.97 Å². The number of carbonyl (C=O) groups is 1. The van der Waals surface area contributed by atoms with E-state index in [1.807, 2.05) is 26.0 Å². The Morgan fingerprint density at radius 1 is 1.50 bits per heavy atom. The Morgan fingerprint density at radius 3 is 2.65 bits per heavy atom. The van der Waals surface area contributed by atoms with Gasteiger partial charge in [-0.15, -0.1) is 0 Å². The summed E-state index contributed by atoms with van der Waals surface area (Å²) in [6.07, 6.45) is 0.421. The van der Waals surface area contributed by atoms with Crippen molar-refractivity contribution in [2.24, 2.45) is 0 Å². The number of aliphatic hydroxyl groups is 1. The van der Waals surface area contributed by atoms with E-state index in [4.69, 9.17) is 21.4 Å². The van der Waals surface area contributed by atoms with Crippen LogP contribution in [0.3, 0.4) is 0 Å². The van der Waals surface area contributed by atoms with Crippen molar-refractivity contribution in [1.29, 1.82) is 0 Å². The first-order valence-electron chi connectivity index (χ1n) is 6.59. The predicted molar refractivity (Wildman–Crippen MR) is 78.5 cm³/mol. The first-order valence-corrected chi connectivity index (χ1v) is 6.96. The van der Waals surface area contributed by atoms with Gasteiger partial charge in [0.15, 0.2) is 6.10 Å². The molecule has 0 aromatic heterocycles. The van der Waals surface area contributed by atoms with Gasteiger partial charge in [-0.05, 0) is 36.0 Å². The van der Waals surface area contributed by atoms with Gasteiger partial charge < -0.3 is 14.9 Å². The van der Waals surface area contributed by atoms with E-state index in [9.17, 15) is 9.90 Å². The summed E-state index contributed by atoms with van der Waals surface area (Å²) < 4.78 is 5.20. The van der Waals surface area contributed by atoms with Crippen molar-refractivity contribution in [3.8, 4) is 5.75 Å². The molecule has 2 N–H and O–H groups in total. The van der Waals surface area contributed by atoms with E-state index in [-0.39, 0.29) is 6.42 Å². The minimum Gasteiger partial charge on any atom is -0.495 e. The van der Waals surface area contributed by atoms with E-state index in [1.165, 1.54) is 7.11 Å². The Hall–Kier alpha value is -1.26. The first kappa shape index (κ1) is 16.8. The molecule has 0 fully saturated rings. The van der Waals surface area contributed by atoms with E-state index in [2.05, 4.69) is 0 Å². The second-order valence-electron chi connectivity index (χ2n) is 5.22. The van der Waals surface area contributed by atoms with Gasteiger partial charge in [-0.2, -0.15) is 0 Å². The maximum absolute atomic E-state index is 10.9. The fourth-order valence-corrected chi connectivity index (χ4v) is 2.66. The van der Waals surface area contributed by atoms with Gasteiger partial charge in [0.05, 0.1) is 12.1 Å². The molecule has 0 aliphatic heterocycles. The lowest BCUT2D eigenvalue weighted by molar-refractivity contribution is -0.147. The zero-order chi connectivity index (χ0) is 15.3. The minimum atomic E-state index is -1.38. The fourth-order valence-electron chi connectivity index (χ4n) is 2.47. The van der Waals surface area contributed by atoms with Crippen LogP contribution in [0.2, 0.25) is 5.02 Å². The molecule has 0 saturated heterocycles. The second kappa shape index (κ2) is 6.95. The standard InChI is InChI=1S/C15H21ClO4/c1-4-7-15(2,9-12(17)14(18)19)10-5-6-11(16)13(8-10)20-3/h5-6,8,12,17H,4,7,9H2,1-3H3,(H,18,19). The largest absolute Gasteiger partial charge is 0.495 e. The number of halogens is 1. The third-order valence-corrected chi connectivity index (χ3v) is 3.89.